The average molecular weight is 294 g/mol. The zero-order valence-corrected chi connectivity index (χ0v) is 13.7. The lowest BCUT2D eigenvalue weighted by Gasteiger charge is -2.31. The monoisotopic (exact) mass is 294 g/mol. The van der Waals surface area contributed by atoms with E-state index in [0.717, 1.165) is 19.6 Å². The summed E-state index contributed by atoms with van der Waals surface area (Å²) in [4.78, 5) is 15.0. The Hall–Kier alpha value is -0.610. The molecule has 0 bridgehead atoms. The van der Waals surface area contributed by atoms with Crippen molar-refractivity contribution in [2.45, 2.75) is 71.2 Å². The fourth-order valence-electron chi connectivity index (χ4n) is 4.27. The molecule has 21 heavy (non-hydrogen) atoms. The molecule has 4 atom stereocenters. The molecule has 4 heteroatoms. The first-order valence-electron chi connectivity index (χ1n) is 8.76. The van der Waals surface area contributed by atoms with Gasteiger partial charge < -0.3 is 9.64 Å². The zero-order chi connectivity index (χ0) is 15.0. The molecule has 1 saturated carbocycles. The van der Waals surface area contributed by atoms with Crippen LogP contribution in [0.3, 0.4) is 0 Å². The van der Waals surface area contributed by atoms with E-state index in [1.165, 1.54) is 25.7 Å². The normalized spacial score (nSPS) is 38.1. The van der Waals surface area contributed by atoms with E-state index in [-0.39, 0.29) is 12.2 Å². The highest BCUT2D eigenvalue weighted by atomic mass is 16.5. The van der Waals surface area contributed by atoms with Gasteiger partial charge in [0, 0.05) is 19.1 Å². The number of carbonyl (C=O) groups excluding carboxylic acids is 1. The van der Waals surface area contributed by atoms with Crippen molar-refractivity contribution >= 4 is 5.91 Å². The van der Waals surface area contributed by atoms with Crippen LogP contribution in [0.5, 0.6) is 0 Å². The lowest BCUT2D eigenvalue weighted by atomic mass is 9.99. The first-order valence-corrected chi connectivity index (χ1v) is 8.76. The highest BCUT2D eigenvalue weighted by Crippen LogP contribution is 2.34. The molecule has 0 aromatic heterocycles. The van der Waals surface area contributed by atoms with Gasteiger partial charge in [-0.1, -0.05) is 26.7 Å². The van der Waals surface area contributed by atoms with Crippen LogP contribution >= 0.6 is 0 Å². The summed E-state index contributed by atoms with van der Waals surface area (Å²) in [6.45, 7) is 8.16. The van der Waals surface area contributed by atoms with Crippen LogP contribution in [0.25, 0.3) is 0 Å². The highest BCUT2D eigenvalue weighted by Gasteiger charge is 2.45. The second-order valence-corrected chi connectivity index (χ2v) is 7.49. The molecule has 4 unspecified atom stereocenters. The maximum atomic E-state index is 12.8. The molecule has 3 aliphatic rings. The lowest BCUT2D eigenvalue weighted by molar-refractivity contribution is -0.132. The van der Waals surface area contributed by atoms with Crippen molar-refractivity contribution in [3.8, 4) is 0 Å². The van der Waals surface area contributed by atoms with E-state index in [4.69, 9.17) is 4.74 Å². The second kappa shape index (κ2) is 6.25. The van der Waals surface area contributed by atoms with E-state index in [9.17, 15) is 4.79 Å². The van der Waals surface area contributed by atoms with E-state index < -0.39 is 0 Å². The van der Waals surface area contributed by atoms with Crippen molar-refractivity contribution in [3.05, 3.63) is 0 Å². The average Bonchev–Trinajstić information content (AvgIpc) is 3.13. The Bertz CT molecular complexity index is 379. The van der Waals surface area contributed by atoms with Gasteiger partial charge in [0.1, 0.15) is 0 Å². The second-order valence-electron chi connectivity index (χ2n) is 7.49. The number of carbonyl (C=O) groups is 1. The van der Waals surface area contributed by atoms with Gasteiger partial charge in [-0.15, -0.1) is 0 Å². The third-order valence-electron chi connectivity index (χ3n) is 5.71. The molecule has 0 aromatic carbocycles. The molecule has 2 aliphatic heterocycles. The number of nitrogens with zero attached hydrogens (tertiary/aromatic N) is 1. The number of amides is 1. The van der Waals surface area contributed by atoms with E-state index in [1.807, 2.05) is 0 Å². The van der Waals surface area contributed by atoms with Crippen LogP contribution in [0, 0.1) is 17.8 Å². The van der Waals surface area contributed by atoms with Gasteiger partial charge in [0.25, 0.3) is 0 Å². The van der Waals surface area contributed by atoms with Gasteiger partial charge in [0.15, 0.2) is 0 Å². The molecular formula is C17H30N2O2. The first-order chi connectivity index (χ1) is 10.1. The minimum atomic E-state index is 0.00762. The fourth-order valence-corrected chi connectivity index (χ4v) is 4.27. The Balaban J connectivity index is 1.73. The predicted molar refractivity (Wildman–Crippen MR) is 82.7 cm³/mol. The van der Waals surface area contributed by atoms with Crippen molar-refractivity contribution in [2.24, 2.45) is 17.8 Å². The van der Waals surface area contributed by atoms with Crippen molar-refractivity contribution in [3.63, 3.8) is 0 Å². The highest BCUT2D eigenvalue weighted by molar-refractivity contribution is 5.84. The summed E-state index contributed by atoms with van der Waals surface area (Å²) in [5.41, 5.74) is 0. The van der Waals surface area contributed by atoms with Crippen LogP contribution in [0.2, 0.25) is 0 Å². The maximum absolute atomic E-state index is 12.8. The molecule has 120 valence electrons. The molecule has 4 nitrogen and oxygen atoms in total. The summed E-state index contributed by atoms with van der Waals surface area (Å²) in [5, 5.41) is 3.66. The van der Waals surface area contributed by atoms with Crippen LogP contribution in [0.15, 0.2) is 0 Å². The van der Waals surface area contributed by atoms with Gasteiger partial charge in [-0.3, -0.25) is 10.1 Å². The summed E-state index contributed by atoms with van der Waals surface area (Å²) in [5.74, 6) is 1.84. The van der Waals surface area contributed by atoms with Gasteiger partial charge in [-0.05, 0) is 38.0 Å². The summed E-state index contributed by atoms with van der Waals surface area (Å²) in [7, 11) is 0. The van der Waals surface area contributed by atoms with Crippen molar-refractivity contribution in [1.82, 2.24) is 10.2 Å². The smallest absolute Gasteiger partial charge is 0.241 e. The topological polar surface area (TPSA) is 41.6 Å². The van der Waals surface area contributed by atoms with Gasteiger partial charge in [0.2, 0.25) is 5.91 Å². The number of ether oxygens (including phenoxy) is 1. The standard InChI is InChI=1S/C17H30N2O2/c1-11(2)15-17(20)19(10-14-8-9-21-12(14)3)16(18-15)13-6-4-5-7-13/h11-16,18H,4-10H2,1-3H3. The van der Waals surface area contributed by atoms with Gasteiger partial charge >= 0.3 is 0 Å². The molecule has 1 aliphatic carbocycles. The summed E-state index contributed by atoms with van der Waals surface area (Å²) in [6, 6.07) is 0.00762. The summed E-state index contributed by atoms with van der Waals surface area (Å²) in [6.07, 6.45) is 6.82. The van der Waals surface area contributed by atoms with E-state index in [2.05, 4.69) is 31.0 Å². The molecule has 2 heterocycles. The maximum Gasteiger partial charge on any atom is 0.241 e. The van der Waals surface area contributed by atoms with Crippen LogP contribution < -0.4 is 5.32 Å². The molecule has 0 radical (unpaired) electrons. The molecule has 3 rings (SSSR count). The van der Waals surface area contributed by atoms with Gasteiger partial charge in [-0.2, -0.15) is 0 Å². The zero-order valence-electron chi connectivity index (χ0n) is 13.7. The Morgan fingerprint density at radius 1 is 1.29 bits per heavy atom. The van der Waals surface area contributed by atoms with Crippen molar-refractivity contribution < 1.29 is 9.53 Å². The number of rotatable bonds is 4. The molecule has 1 amide bonds. The molecule has 0 spiro atoms. The van der Waals surface area contributed by atoms with Crippen molar-refractivity contribution in [1.29, 1.82) is 0 Å². The predicted octanol–water partition coefficient (Wildman–Crippen LogP) is 2.38. The Morgan fingerprint density at radius 2 is 2.00 bits per heavy atom. The molecule has 0 aromatic rings. The molecule has 2 saturated heterocycles. The van der Waals surface area contributed by atoms with Crippen molar-refractivity contribution in [2.75, 3.05) is 13.2 Å². The van der Waals surface area contributed by atoms with E-state index in [1.54, 1.807) is 0 Å². The van der Waals surface area contributed by atoms with Gasteiger partial charge in [0.05, 0.1) is 18.3 Å². The molecule has 3 fully saturated rings. The van der Waals surface area contributed by atoms with Gasteiger partial charge in [-0.25, -0.2) is 0 Å². The Labute approximate surface area is 128 Å². The SMILES string of the molecule is CC(C)C1NC(C2CCCC2)N(CC2CCOC2C)C1=O. The number of hydrogen-bond acceptors (Lipinski definition) is 3. The van der Waals surface area contributed by atoms with Crippen LogP contribution in [0.4, 0.5) is 0 Å². The lowest BCUT2D eigenvalue weighted by Crippen LogP contribution is -2.45. The van der Waals surface area contributed by atoms with E-state index in [0.29, 0.717) is 29.8 Å². The largest absolute Gasteiger partial charge is 0.378 e. The minimum Gasteiger partial charge on any atom is -0.378 e. The van der Waals surface area contributed by atoms with Crippen LogP contribution in [-0.4, -0.2) is 42.3 Å². The molecular weight excluding hydrogens is 264 g/mol. The Morgan fingerprint density at radius 3 is 2.57 bits per heavy atom. The summed E-state index contributed by atoms with van der Waals surface area (Å²) >= 11 is 0. The first kappa shape index (κ1) is 15.3. The van der Waals surface area contributed by atoms with Crippen LogP contribution in [-0.2, 0) is 9.53 Å². The number of nitrogens with one attached hydrogen (secondary N) is 1. The summed E-state index contributed by atoms with van der Waals surface area (Å²) < 4.78 is 5.69. The molecule has 1 N–H and O–H groups in total. The quantitative estimate of drug-likeness (QED) is 0.865. The minimum absolute atomic E-state index is 0.00762. The van der Waals surface area contributed by atoms with Crippen LogP contribution in [0.1, 0.15) is 52.9 Å². The third kappa shape index (κ3) is 2.98. The fraction of sp³-hybridized carbons (Fsp3) is 0.941. The number of hydrogen-bond donors (Lipinski definition) is 1. The Kier molecular flexibility index (Phi) is 4.55. The third-order valence-corrected chi connectivity index (χ3v) is 5.71. The van der Waals surface area contributed by atoms with E-state index >= 15 is 0 Å².